The lowest BCUT2D eigenvalue weighted by atomic mass is 10.1. The normalized spacial score (nSPS) is 11.7. The molecule has 6 heteroatoms. The Morgan fingerprint density at radius 3 is 2.76 bits per heavy atom. The quantitative estimate of drug-likeness (QED) is 0.725. The summed E-state index contributed by atoms with van der Waals surface area (Å²) in [6, 6.07) is 1.73. The number of carbonyl (C=O) groups is 1. The van der Waals surface area contributed by atoms with Gasteiger partial charge in [0, 0.05) is 17.9 Å². The number of carbonyl (C=O) groups excluding carboxylic acids is 1. The van der Waals surface area contributed by atoms with E-state index in [1.807, 2.05) is 0 Å². The van der Waals surface area contributed by atoms with Crippen LogP contribution in [0.4, 0.5) is 10.5 Å². The van der Waals surface area contributed by atoms with Crippen molar-refractivity contribution >= 4 is 17.4 Å². The molecule has 0 aliphatic carbocycles. The Morgan fingerprint density at radius 1 is 1.47 bits per heavy atom. The number of hydrogen-bond donors (Lipinski definition) is 0. The fraction of sp³-hybridized carbons (Fsp3) is 0.364. The molecule has 0 radical (unpaired) electrons. The molecule has 0 N–H and O–H groups in total. The van der Waals surface area contributed by atoms with E-state index >= 15 is 0 Å². The first-order valence-corrected chi connectivity index (χ1v) is 5.21. The molecule has 0 saturated heterocycles. The van der Waals surface area contributed by atoms with Gasteiger partial charge < -0.3 is 14.8 Å². The van der Waals surface area contributed by atoms with Gasteiger partial charge in [0.1, 0.15) is 11.8 Å². The molecule has 0 bridgehead atoms. The van der Waals surface area contributed by atoms with E-state index in [1.165, 1.54) is 10.7 Å². The molecule has 2 heterocycles. The van der Waals surface area contributed by atoms with Crippen molar-refractivity contribution in [2.45, 2.75) is 26.3 Å². The molecule has 0 aliphatic heterocycles. The molecule has 6 nitrogen and oxygen atoms in total. The van der Waals surface area contributed by atoms with Crippen LogP contribution in [0.25, 0.3) is 5.65 Å². The third-order valence-corrected chi connectivity index (χ3v) is 2.35. The van der Waals surface area contributed by atoms with E-state index in [0.717, 1.165) is 4.90 Å². The lowest BCUT2D eigenvalue weighted by molar-refractivity contribution is -0.247. The highest BCUT2D eigenvalue weighted by molar-refractivity contribution is 5.90. The number of aromatic nitrogens is 3. The molecule has 0 aliphatic rings. The van der Waals surface area contributed by atoms with Crippen LogP contribution in [-0.2, 0) is 0 Å². The average molecular weight is 233 g/mol. The molecule has 17 heavy (non-hydrogen) atoms. The van der Waals surface area contributed by atoms with Gasteiger partial charge in [0.05, 0.1) is 6.20 Å². The Morgan fingerprint density at radius 2 is 2.18 bits per heavy atom. The second-order valence-electron chi connectivity index (χ2n) is 4.69. The van der Waals surface area contributed by atoms with Crippen molar-refractivity contribution in [3.8, 4) is 0 Å². The predicted octanol–water partition coefficient (Wildman–Crippen LogP) is 0.677. The first-order valence-electron chi connectivity index (χ1n) is 5.21. The molecule has 0 unspecified atom stereocenters. The van der Waals surface area contributed by atoms with E-state index in [9.17, 15) is 9.90 Å². The van der Waals surface area contributed by atoms with Gasteiger partial charge in [0.15, 0.2) is 5.65 Å². The minimum absolute atomic E-state index is 0.429. The van der Waals surface area contributed by atoms with E-state index in [2.05, 4.69) is 10.1 Å². The zero-order chi connectivity index (χ0) is 12.6. The van der Waals surface area contributed by atoms with Crippen LogP contribution in [0.2, 0.25) is 0 Å². The number of fused-ring (bicyclic) bond motifs is 1. The number of carboxylic acid groups (broad SMARTS) is 1. The summed E-state index contributed by atoms with van der Waals surface area (Å²) in [5.74, 6) is 0. The molecule has 0 saturated carbocycles. The Kier molecular flexibility index (Phi) is 2.49. The molecule has 0 fully saturated rings. The predicted molar refractivity (Wildman–Crippen MR) is 60.6 cm³/mol. The summed E-state index contributed by atoms with van der Waals surface area (Å²) < 4.78 is 1.52. The van der Waals surface area contributed by atoms with Crippen LogP contribution in [0, 0.1) is 0 Å². The Hall–Kier alpha value is -2.11. The highest BCUT2D eigenvalue weighted by Gasteiger charge is 2.26. The number of amides is 1. The summed E-state index contributed by atoms with van der Waals surface area (Å²) >= 11 is 0. The lowest BCUT2D eigenvalue weighted by Gasteiger charge is -2.36. The summed E-state index contributed by atoms with van der Waals surface area (Å²) in [5.41, 5.74) is 0.310. The minimum Gasteiger partial charge on any atom is -0.530 e. The Bertz CT molecular complexity index is 556. The van der Waals surface area contributed by atoms with Crippen LogP contribution in [0.5, 0.6) is 0 Å². The first kappa shape index (κ1) is 11.4. The van der Waals surface area contributed by atoms with Crippen LogP contribution < -0.4 is 10.0 Å². The Labute approximate surface area is 98.5 Å². The van der Waals surface area contributed by atoms with Gasteiger partial charge in [0.2, 0.25) is 0 Å². The van der Waals surface area contributed by atoms with E-state index in [4.69, 9.17) is 0 Å². The summed E-state index contributed by atoms with van der Waals surface area (Å²) in [5, 5.41) is 15.3. The van der Waals surface area contributed by atoms with Gasteiger partial charge in [-0.2, -0.15) is 5.10 Å². The maximum atomic E-state index is 11.2. The lowest BCUT2D eigenvalue weighted by Crippen LogP contribution is -2.52. The van der Waals surface area contributed by atoms with Crippen molar-refractivity contribution in [2.24, 2.45) is 0 Å². The van der Waals surface area contributed by atoms with Crippen LogP contribution in [-0.4, -0.2) is 26.2 Å². The SMILES string of the molecule is CC(C)(C)N(C(=O)[O-])c1cnn2cccnc12. The number of rotatable bonds is 1. The first-order chi connectivity index (χ1) is 7.91. The molecule has 0 spiro atoms. The summed E-state index contributed by atoms with van der Waals surface area (Å²) in [7, 11) is 0. The van der Waals surface area contributed by atoms with Gasteiger partial charge in [-0.3, -0.25) is 0 Å². The van der Waals surface area contributed by atoms with Crippen LogP contribution >= 0.6 is 0 Å². The number of hydrogen-bond acceptors (Lipinski definition) is 4. The summed E-state index contributed by atoms with van der Waals surface area (Å²) in [6.07, 6.45) is 3.51. The third-order valence-electron chi connectivity index (χ3n) is 2.35. The van der Waals surface area contributed by atoms with Crippen molar-refractivity contribution in [2.75, 3.05) is 4.90 Å². The van der Waals surface area contributed by atoms with Gasteiger partial charge in [-0.15, -0.1) is 0 Å². The summed E-state index contributed by atoms with van der Waals surface area (Å²) in [4.78, 5) is 16.5. The van der Waals surface area contributed by atoms with Gasteiger partial charge in [-0.1, -0.05) is 0 Å². The van der Waals surface area contributed by atoms with E-state index in [1.54, 1.807) is 39.2 Å². The largest absolute Gasteiger partial charge is 0.530 e. The van der Waals surface area contributed by atoms with Gasteiger partial charge >= 0.3 is 0 Å². The minimum atomic E-state index is -1.27. The van der Waals surface area contributed by atoms with Crippen molar-refractivity contribution in [3.05, 3.63) is 24.7 Å². The Balaban J connectivity index is 2.61. The molecular formula is C11H13N4O2-. The molecule has 90 valence electrons. The molecule has 0 atom stereocenters. The van der Waals surface area contributed by atoms with Gasteiger partial charge in [-0.05, 0) is 26.8 Å². The van der Waals surface area contributed by atoms with Crippen LogP contribution in [0.3, 0.4) is 0 Å². The van der Waals surface area contributed by atoms with Crippen LogP contribution in [0.15, 0.2) is 24.7 Å². The van der Waals surface area contributed by atoms with Crippen LogP contribution in [0.1, 0.15) is 20.8 Å². The molecular weight excluding hydrogens is 220 g/mol. The molecule has 2 aromatic rings. The van der Waals surface area contributed by atoms with Crippen molar-refractivity contribution in [1.29, 1.82) is 0 Å². The molecule has 2 rings (SSSR count). The van der Waals surface area contributed by atoms with E-state index in [-0.39, 0.29) is 0 Å². The van der Waals surface area contributed by atoms with E-state index < -0.39 is 11.6 Å². The fourth-order valence-corrected chi connectivity index (χ4v) is 1.71. The maximum Gasteiger partial charge on any atom is 0.179 e. The smallest absolute Gasteiger partial charge is 0.179 e. The topological polar surface area (TPSA) is 73.6 Å². The van der Waals surface area contributed by atoms with Gasteiger partial charge in [0.25, 0.3) is 0 Å². The highest BCUT2D eigenvalue weighted by atomic mass is 16.4. The van der Waals surface area contributed by atoms with Crippen molar-refractivity contribution in [1.82, 2.24) is 14.6 Å². The third kappa shape index (κ3) is 1.93. The standard InChI is InChI=1S/C11H14N4O2/c1-11(2,3)15(10(16)17)8-7-13-14-6-4-5-12-9(8)14/h4-7H,1-3H3,(H,16,17)/p-1. The highest BCUT2D eigenvalue weighted by Crippen LogP contribution is 2.26. The fourth-order valence-electron chi connectivity index (χ4n) is 1.71. The van der Waals surface area contributed by atoms with Gasteiger partial charge in [-0.25, -0.2) is 9.50 Å². The number of anilines is 1. The molecule has 2 aromatic heterocycles. The molecule has 0 aromatic carbocycles. The van der Waals surface area contributed by atoms with E-state index in [0.29, 0.717) is 11.3 Å². The summed E-state index contributed by atoms with van der Waals surface area (Å²) in [6.45, 7) is 5.36. The second-order valence-corrected chi connectivity index (χ2v) is 4.69. The number of nitrogens with zero attached hydrogens (tertiary/aromatic N) is 4. The maximum absolute atomic E-state index is 11.2. The second kappa shape index (κ2) is 3.73. The average Bonchev–Trinajstić information content (AvgIpc) is 2.60. The van der Waals surface area contributed by atoms with Crippen molar-refractivity contribution in [3.63, 3.8) is 0 Å². The van der Waals surface area contributed by atoms with Crippen molar-refractivity contribution < 1.29 is 9.90 Å². The zero-order valence-corrected chi connectivity index (χ0v) is 9.91. The molecule has 1 amide bonds. The monoisotopic (exact) mass is 233 g/mol. The zero-order valence-electron chi connectivity index (χ0n) is 9.91.